The highest BCUT2D eigenvalue weighted by atomic mass is 28.3. The molecule has 72 valence electrons. The van der Waals surface area contributed by atoms with Gasteiger partial charge in [-0.15, -0.1) is 0 Å². The minimum absolute atomic E-state index is 0.669. The second-order valence-electron chi connectivity index (χ2n) is 5.55. The minimum Gasteiger partial charge on any atom is -0.0630 e. The summed E-state index contributed by atoms with van der Waals surface area (Å²) in [4.78, 5) is 0. The molecule has 0 aromatic rings. The predicted molar refractivity (Wildman–Crippen MR) is 59.3 cm³/mol. The summed E-state index contributed by atoms with van der Waals surface area (Å²) >= 11 is 0. The van der Waals surface area contributed by atoms with Crippen molar-refractivity contribution in [3.8, 4) is 0 Å². The summed E-state index contributed by atoms with van der Waals surface area (Å²) in [6, 6.07) is 6.49. The molecular formula is C11H24Si. The van der Waals surface area contributed by atoms with Crippen LogP contribution in [0.4, 0.5) is 0 Å². The quantitative estimate of drug-likeness (QED) is 0.576. The topological polar surface area (TPSA) is 0 Å². The summed E-state index contributed by atoms with van der Waals surface area (Å²) in [6.45, 7) is 9.58. The van der Waals surface area contributed by atoms with Crippen LogP contribution >= 0.6 is 0 Å². The molecule has 0 aliphatic carbocycles. The molecule has 0 amide bonds. The smallest absolute Gasteiger partial charge is 0.0540 e. The van der Waals surface area contributed by atoms with E-state index in [1.54, 1.807) is 30.6 Å². The van der Waals surface area contributed by atoms with Gasteiger partial charge in [0.1, 0.15) is 0 Å². The van der Waals surface area contributed by atoms with Gasteiger partial charge in [-0.25, -0.2) is 0 Å². The monoisotopic (exact) mass is 184 g/mol. The number of hydrogen-bond donors (Lipinski definition) is 0. The molecule has 0 saturated carbocycles. The van der Waals surface area contributed by atoms with Gasteiger partial charge in [0.2, 0.25) is 0 Å². The largest absolute Gasteiger partial charge is 0.0630 e. The predicted octanol–water partition coefficient (Wildman–Crippen LogP) is 4.15. The first-order valence-corrected chi connectivity index (χ1v) is 8.37. The first-order valence-electron chi connectivity index (χ1n) is 5.54. The highest BCUT2D eigenvalue weighted by Gasteiger charge is 2.39. The Morgan fingerprint density at radius 1 is 0.917 bits per heavy atom. The van der Waals surface area contributed by atoms with Gasteiger partial charge in [0.15, 0.2) is 0 Å². The van der Waals surface area contributed by atoms with Crippen molar-refractivity contribution in [1.82, 2.24) is 0 Å². The molecule has 0 spiro atoms. The van der Waals surface area contributed by atoms with E-state index in [0.717, 1.165) is 11.8 Å². The van der Waals surface area contributed by atoms with Gasteiger partial charge < -0.3 is 0 Å². The normalized spacial score (nSPS) is 21.5. The molecule has 12 heavy (non-hydrogen) atoms. The van der Waals surface area contributed by atoms with Crippen molar-refractivity contribution in [2.24, 2.45) is 11.8 Å². The maximum absolute atomic E-state index is 2.40. The molecular weight excluding hydrogens is 160 g/mol. The van der Waals surface area contributed by atoms with E-state index in [4.69, 9.17) is 0 Å². The van der Waals surface area contributed by atoms with Gasteiger partial charge in [0.25, 0.3) is 0 Å². The third kappa shape index (κ3) is 2.62. The molecule has 1 heterocycles. The van der Waals surface area contributed by atoms with Gasteiger partial charge in [0, 0.05) is 0 Å². The molecule has 0 radical (unpaired) electrons. The Morgan fingerprint density at radius 3 is 1.50 bits per heavy atom. The molecule has 1 rings (SSSR count). The molecule has 1 saturated heterocycles. The van der Waals surface area contributed by atoms with E-state index >= 15 is 0 Å². The van der Waals surface area contributed by atoms with Crippen LogP contribution in [0, 0.1) is 11.8 Å². The molecule has 1 aliphatic heterocycles. The third-order valence-corrected chi connectivity index (χ3v) is 9.29. The van der Waals surface area contributed by atoms with Crippen molar-refractivity contribution in [2.75, 3.05) is 0 Å². The van der Waals surface area contributed by atoms with Crippen molar-refractivity contribution >= 4 is 8.07 Å². The summed E-state index contributed by atoms with van der Waals surface area (Å²) in [6.07, 6.45) is 1.55. The van der Waals surface area contributed by atoms with Gasteiger partial charge in [-0.3, -0.25) is 0 Å². The zero-order chi connectivity index (χ0) is 9.19. The number of hydrogen-bond acceptors (Lipinski definition) is 0. The van der Waals surface area contributed by atoms with E-state index in [0.29, 0.717) is 0 Å². The van der Waals surface area contributed by atoms with Gasteiger partial charge in [-0.05, 0) is 11.8 Å². The highest BCUT2D eigenvalue weighted by molar-refractivity contribution is 6.82. The highest BCUT2D eigenvalue weighted by Crippen LogP contribution is 2.42. The molecule has 1 aliphatic rings. The summed E-state index contributed by atoms with van der Waals surface area (Å²) in [5.41, 5.74) is 0. The van der Waals surface area contributed by atoms with Crippen molar-refractivity contribution in [3.05, 3.63) is 0 Å². The lowest BCUT2D eigenvalue weighted by Gasteiger charge is -2.42. The summed E-state index contributed by atoms with van der Waals surface area (Å²) in [5, 5.41) is 0. The van der Waals surface area contributed by atoms with Crippen LogP contribution in [-0.4, -0.2) is 8.07 Å². The van der Waals surface area contributed by atoms with Gasteiger partial charge in [-0.1, -0.05) is 58.3 Å². The van der Waals surface area contributed by atoms with Crippen molar-refractivity contribution in [3.63, 3.8) is 0 Å². The Kier molecular flexibility index (Phi) is 3.39. The maximum Gasteiger partial charge on any atom is 0.0540 e. The van der Waals surface area contributed by atoms with Crippen molar-refractivity contribution in [2.45, 2.75) is 58.3 Å². The van der Waals surface area contributed by atoms with E-state index in [2.05, 4.69) is 27.7 Å². The Balaban J connectivity index is 2.39. The Bertz CT molecular complexity index is 122. The Morgan fingerprint density at radius 2 is 1.33 bits per heavy atom. The summed E-state index contributed by atoms with van der Waals surface area (Å²) < 4.78 is 0. The lowest BCUT2D eigenvalue weighted by atomic mass is 10.3. The van der Waals surface area contributed by atoms with E-state index < -0.39 is 8.07 Å². The van der Waals surface area contributed by atoms with E-state index in [1.165, 1.54) is 0 Å². The number of rotatable bonds is 4. The SMILES string of the molecule is CC(C)C[Si]1(CC(C)C)CCC1. The molecule has 0 nitrogen and oxygen atoms in total. The fourth-order valence-corrected chi connectivity index (χ4v) is 8.70. The molecule has 0 unspecified atom stereocenters. The zero-order valence-electron chi connectivity index (χ0n) is 9.19. The van der Waals surface area contributed by atoms with Gasteiger partial charge >= 0.3 is 0 Å². The summed E-state index contributed by atoms with van der Waals surface area (Å²) in [7, 11) is -0.669. The van der Waals surface area contributed by atoms with Gasteiger partial charge in [0.05, 0.1) is 8.07 Å². The fraction of sp³-hybridized carbons (Fsp3) is 1.00. The van der Waals surface area contributed by atoms with E-state index in [9.17, 15) is 0 Å². The molecule has 0 N–H and O–H groups in total. The molecule has 0 atom stereocenters. The van der Waals surface area contributed by atoms with Crippen LogP contribution in [0.3, 0.4) is 0 Å². The molecule has 0 aromatic heterocycles. The maximum atomic E-state index is 2.40. The first kappa shape index (κ1) is 10.3. The lowest BCUT2D eigenvalue weighted by molar-refractivity contribution is 0.644. The van der Waals surface area contributed by atoms with Crippen LogP contribution in [-0.2, 0) is 0 Å². The third-order valence-electron chi connectivity index (χ3n) is 3.10. The van der Waals surface area contributed by atoms with Crippen LogP contribution in [0.5, 0.6) is 0 Å². The second kappa shape index (κ2) is 3.95. The Hall–Kier alpha value is 0.217. The van der Waals surface area contributed by atoms with Crippen LogP contribution in [0.25, 0.3) is 0 Å². The average molecular weight is 184 g/mol. The van der Waals surface area contributed by atoms with E-state index in [-0.39, 0.29) is 0 Å². The van der Waals surface area contributed by atoms with Gasteiger partial charge in [-0.2, -0.15) is 0 Å². The molecule has 1 fully saturated rings. The summed E-state index contributed by atoms with van der Waals surface area (Å²) in [5.74, 6) is 1.91. The van der Waals surface area contributed by atoms with Crippen molar-refractivity contribution in [1.29, 1.82) is 0 Å². The van der Waals surface area contributed by atoms with Crippen molar-refractivity contribution < 1.29 is 0 Å². The second-order valence-corrected chi connectivity index (χ2v) is 10.4. The van der Waals surface area contributed by atoms with E-state index in [1.807, 2.05) is 0 Å². The lowest BCUT2D eigenvalue weighted by Crippen LogP contribution is -2.43. The average Bonchev–Trinajstić information content (AvgIpc) is 1.80. The van der Waals surface area contributed by atoms with Crippen LogP contribution in [0.2, 0.25) is 24.2 Å². The zero-order valence-corrected chi connectivity index (χ0v) is 10.2. The van der Waals surface area contributed by atoms with Crippen LogP contribution in [0.15, 0.2) is 0 Å². The molecule has 1 heteroatoms. The standard InChI is InChI=1S/C11H24Si/c1-10(2)8-12(6-5-7-12)9-11(3)4/h10-11H,5-9H2,1-4H3. The van der Waals surface area contributed by atoms with Crippen LogP contribution in [0.1, 0.15) is 34.1 Å². The first-order chi connectivity index (χ1) is 5.54. The minimum atomic E-state index is -0.669. The Labute approximate surface area is 78.8 Å². The molecule has 0 aromatic carbocycles. The molecule has 0 bridgehead atoms. The fourth-order valence-electron chi connectivity index (χ4n) is 2.90. The van der Waals surface area contributed by atoms with Crippen LogP contribution < -0.4 is 0 Å².